The Hall–Kier alpha value is -2.30. The number of rotatable bonds is 2. The Kier molecular flexibility index (Phi) is 3.56. The first-order chi connectivity index (χ1) is 11.2. The molecule has 1 aliphatic rings. The van der Waals surface area contributed by atoms with Crippen molar-refractivity contribution in [2.75, 3.05) is 5.32 Å². The highest BCUT2D eigenvalue weighted by molar-refractivity contribution is 6.32. The second-order valence-corrected chi connectivity index (χ2v) is 6.06. The summed E-state index contributed by atoms with van der Waals surface area (Å²) in [6, 6.07) is 15.3. The monoisotopic (exact) mass is 342 g/mol. The van der Waals surface area contributed by atoms with E-state index in [-0.39, 0.29) is 6.04 Å². The molecule has 23 heavy (non-hydrogen) atoms. The lowest BCUT2D eigenvalue weighted by Crippen LogP contribution is -2.20. The molecule has 6 heteroatoms. The Morgan fingerprint density at radius 3 is 2.74 bits per heavy atom. The molecule has 4 rings (SSSR count). The Labute approximate surface area is 143 Å². The number of nitrogens with one attached hydrogen (secondary N) is 1. The number of allylic oxidation sites excluding steroid dienone is 1. The van der Waals surface area contributed by atoms with Gasteiger partial charge in [-0.25, -0.2) is 4.68 Å². The number of benzene rings is 2. The smallest absolute Gasteiger partial charge is 0.226 e. The van der Waals surface area contributed by atoms with Gasteiger partial charge in [-0.2, -0.15) is 10.1 Å². The van der Waals surface area contributed by atoms with Gasteiger partial charge in [0, 0.05) is 21.3 Å². The number of hydrogen-bond acceptors (Lipinski definition) is 3. The average molecular weight is 343 g/mol. The summed E-state index contributed by atoms with van der Waals surface area (Å²) in [4.78, 5) is 4.28. The summed E-state index contributed by atoms with van der Waals surface area (Å²) in [5, 5.41) is 8.97. The summed E-state index contributed by atoms with van der Waals surface area (Å²) >= 11 is 12.5. The molecule has 0 radical (unpaired) electrons. The number of fused-ring (bicyclic) bond motifs is 1. The third-order valence-corrected chi connectivity index (χ3v) is 4.33. The molecule has 0 unspecified atom stereocenters. The van der Waals surface area contributed by atoms with Crippen LogP contribution in [0.15, 0.2) is 60.9 Å². The van der Waals surface area contributed by atoms with Crippen molar-refractivity contribution in [2.45, 2.75) is 6.04 Å². The lowest BCUT2D eigenvalue weighted by Gasteiger charge is -2.24. The Morgan fingerprint density at radius 1 is 1.04 bits per heavy atom. The Morgan fingerprint density at radius 2 is 1.91 bits per heavy atom. The van der Waals surface area contributed by atoms with E-state index in [0.29, 0.717) is 16.0 Å². The van der Waals surface area contributed by atoms with Gasteiger partial charge in [0.25, 0.3) is 0 Å². The quantitative estimate of drug-likeness (QED) is 0.737. The van der Waals surface area contributed by atoms with Crippen LogP contribution in [-0.2, 0) is 0 Å². The van der Waals surface area contributed by atoms with Crippen LogP contribution in [0.5, 0.6) is 0 Å². The van der Waals surface area contributed by atoms with Crippen molar-refractivity contribution in [1.82, 2.24) is 14.8 Å². The number of nitrogens with zero attached hydrogens (tertiary/aromatic N) is 3. The zero-order chi connectivity index (χ0) is 15.8. The molecule has 0 bridgehead atoms. The minimum Gasteiger partial charge on any atom is -0.324 e. The molecule has 1 atom stereocenters. The van der Waals surface area contributed by atoms with Gasteiger partial charge in [-0.3, -0.25) is 0 Å². The minimum atomic E-state index is -0.0984. The van der Waals surface area contributed by atoms with E-state index in [9.17, 15) is 0 Å². The summed E-state index contributed by atoms with van der Waals surface area (Å²) in [5.41, 5.74) is 2.87. The lowest BCUT2D eigenvalue weighted by atomic mass is 10.0. The molecule has 0 saturated heterocycles. The first-order valence-corrected chi connectivity index (χ1v) is 7.87. The van der Waals surface area contributed by atoms with Crippen LogP contribution in [0.3, 0.4) is 0 Å². The van der Waals surface area contributed by atoms with Crippen LogP contribution in [0.25, 0.3) is 5.70 Å². The maximum Gasteiger partial charge on any atom is 0.226 e. The molecule has 3 aromatic rings. The summed E-state index contributed by atoms with van der Waals surface area (Å²) in [7, 11) is 0. The van der Waals surface area contributed by atoms with Crippen molar-refractivity contribution in [3.8, 4) is 0 Å². The largest absolute Gasteiger partial charge is 0.324 e. The van der Waals surface area contributed by atoms with Gasteiger partial charge in [0.1, 0.15) is 12.4 Å². The SMILES string of the molecule is Clc1cccc([C@H]2C=C(c3ccccc3Cl)Nc3ncnn32)c1. The molecule has 0 spiro atoms. The highest BCUT2D eigenvalue weighted by Gasteiger charge is 2.24. The molecular weight excluding hydrogens is 331 g/mol. The zero-order valence-electron chi connectivity index (χ0n) is 11.9. The molecular formula is C17H12Cl2N4. The molecule has 2 heterocycles. The predicted molar refractivity (Wildman–Crippen MR) is 92.7 cm³/mol. The van der Waals surface area contributed by atoms with Gasteiger partial charge < -0.3 is 5.32 Å². The van der Waals surface area contributed by atoms with E-state index in [1.165, 1.54) is 6.33 Å². The van der Waals surface area contributed by atoms with Crippen molar-refractivity contribution in [2.24, 2.45) is 0 Å². The normalized spacial score (nSPS) is 16.4. The number of hydrogen-bond donors (Lipinski definition) is 1. The van der Waals surface area contributed by atoms with Gasteiger partial charge in [0.05, 0.1) is 0 Å². The molecule has 2 aromatic carbocycles. The second kappa shape index (κ2) is 5.72. The topological polar surface area (TPSA) is 42.7 Å². The van der Waals surface area contributed by atoms with E-state index < -0.39 is 0 Å². The molecule has 0 saturated carbocycles. The van der Waals surface area contributed by atoms with Crippen LogP contribution in [0.2, 0.25) is 10.0 Å². The third kappa shape index (κ3) is 2.60. The summed E-state index contributed by atoms with van der Waals surface area (Å²) in [6.45, 7) is 0. The molecule has 1 N–H and O–H groups in total. The summed E-state index contributed by atoms with van der Waals surface area (Å²) < 4.78 is 1.83. The first-order valence-electron chi connectivity index (χ1n) is 7.11. The molecule has 0 aliphatic carbocycles. The average Bonchev–Trinajstić information content (AvgIpc) is 3.03. The number of halogens is 2. The minimum absolute atomic E-state index is 0.0984. The van der Waals surface area contributed by atoms with Crippen LogP contribution in [0.1, 0.15) is 17.2 Å². The maximum atomic E-state index is 6.33. The van der Waals surface area contributed by atoms with Crippen molar-refractivity contribution < 1.29 is 0 Å². The van der Waals surface area contributed by atoms with Crippen LogP contribution in [0.4, 0.5) is 5.95 Å². The number of aromatic nitrogens is 3. The summed E-state index contributed by atoms with van der Waals surface area (Å²) in [5.74, 6) is 0.674. The van der Waals surface area contributed by atoms with Gasteiger partial charge in [0.2, 0.25) is 5.95 Å². The van der Waals surface area contributed by atoms with Gasteiger partial charge >= 0.3 is 0 Å². The third-order valence-electron chi connectivity index (χ3n) is 3.76. The second-order valence-electron chi connectivity index (χ2n) is 5.21. The van der Waals surface area contributed by atoms with E-state index in [4.69, 9.17) is 23.2 Å². The molecule has 114 valence electrons. The zero-order valence-corrected chi connectivity index (χ0v) is 13.5. The summed E-state index contributed by atoms with van der Waals surface area (Å²) in [6.07, 6.45) is 3.61. The molecule has 1 aliphatic heterocycles. The van der Waals surface area contributed by atoms with E-state index in [1.54, 1.807) is 0 Å². The standard InChI is InChI=1S/C17H12Cl2N4/c18-12-5-3-4-11(8-12)16-9-15(13-6-1-2-7-14(13)19)22-17-20-10-21-23(16)17/h1-10,16H,(H,20,21,22)/t16-/m1/s1. The molecule has 0 amide bonds. The highest BCUT2D eigenvalue weighted by atomic mass is 35.5. The van der Waals surface area contributed by atoms with E-state index in [0.717, 1.165) is 16.8 Å². The van der Waals surface area contributed by atoms with Crippen LogP contribution >= 0.6 is 23.2 Å². The molecule has 1 aromatic heterocycles. The van der Waals surface area contributed by atoms with Gasteiger partial charge in [0.15, 0.2) is 0 Å². The van der Waals surface area contributed by atoms with Crippen LogP contribution < -0.4 is 5.32 Å². The fourth-order valence-electron chi connectivity index (χ4n) is 2.70. The van der Waals surface area contributed by atoms with Gasteiger partial charge in [-0.1, -0.05) is 53.5 Å². The van der Waals surface area contributed by atoms with Crippen molar-refractivity contribution >= 4 is 34.8 Å². The fraction of sp³-hybridized carbons (Fsp3) is 0.0588. The van der Waals surface area contributed by atoms with Gasteiger partial charge in [-0.15, -0.1) is 0 Å². The Balaban J connectivity index is 1.85. The van der Waals surface area contributed by atoms with Crippen molar-refractivity contribution in [3.63, 3.8) is 0 Å². The van der Waals surface area contributed by atoms with Crippen LogP contribution in [-0.4, -0.2) is 14.8 Å². The highest BCUT2D eigenvalue weighted by Crippen LogP contribution is 2.34. The first kappa shape index (κ1) is 14.3. The Bertz CT molecular complexity index is 901. The lowest BCUT2D eigenvalue weighted by molar-refractivity contribution is 0.612. The molecule has 4 nitrogen and oxygen atoms in total. The van der Waals surface area contributed by atoms with Crippen molar-refractivity contribution in [3.05, 3.63) is 82.1 Å². The number of anilines is 1. The van der Waals surface area contributed by atoms with Gasteiger partial charge in [-0.05, 0) is 29.8 Å². The fourth-order valence-corrected chi connectivity index (χ4v) is 3.13. The predicted octanol–water partition coefficient (Wildman–Crippen LogP) is 4.64. The maximum absolute atomic E-state index is 6.33. The van der Waals surface area contributed by atoms with Crippen LogP contribution in [0, 0.1) is 0 Å². The molecule has 0 fully saturated rings. The van der Waals surface area contributed by atoms with Crippen molar-refractivity contribution in [1.29, 1.82) is 0 Å². The van der Waals surface area contributed by atoms with E-state index >= 15 is 0 Å². The van der Waals surface area contributed by atoms with E-state index in [1.807, 2.05) is 53.2 Å². The van der Waals surface area contributed by atoms with E-state index in [2.05, 4.69) is 21.5 Å².